The first-order valence-electron chi connectivity index (χ1n) is 13.6. The molecule has 10 heteroatoms. The molecule has 2 spiro atoms. The van der Waals surface area contributed by atoms with E-state index in [0.717, 1.165) is 12.8 Å². The summed E-state index contributed by atoms with van der Waals surface area (Å²) in [5, 5.41) is 19.4. The lowest BCUT2D eigenvalue weighted by atomic mass is 9.53. The number of aliphatic hydroxyl groups is 1. The molecule has 1 saturated heterocycles. The second-order valence-electron chi connectivity index (χ2n) is 12.5. The van der Waals surface area contributed by atoms with Crippen LogP contribution >= 0.6 is 23.2 Å². The first-order chi connectivity index (χ1) is 18.5. The number of hydrogen-bond acceptors (Lipinski definition) is 5. The maximum atomic E-state index is 15.9. The van der Waals surface area contributed by atoms with Crippen LogP contribution in [0.15, 0.2) is 30.5 Å². The summed E-state index contributed by atoms with van der Waals surface area (Å²) in [4.78, 5) is 32.3. The molecule has 1 aromatic carbocycles. The standard InChI is InChI=1S/C29H33Cl2FN4O3/c1-27(2)6-8-28(9-7-27)29(19-4-3-16(30)13-20(19)35-26(29)39)21(18-5-10-33-24(31)22(18)32)23(36-28)25(38)34-17-11-15(12-17)14-37/h3-5,10,13,15,17,21,23,36-37H,6-9,11-12,14H2,1-2H3,(H,34,38)(H,35,39)/t15-,17-,21-,23+,29+/m0/s1. The number of nitrogens with one attached hydrogen (secondary N) is 3. The third-order valence-electron chi connectivity index (χ3n) is 9.79. The van der Waals surface area contributed by atoms with Gasteiger partial charge in [0.1, 0.15) is 5.41 Å². The van der Waals surface area contributed by atoms with Gasteiger partial charge < -0.3 is 15.7 Å². The molecule has 2 aliphatic carbocycles. The van der Waals surface area contributed by atoms with Gasteiger partial charge in [-0.1, -0.05) is 43.1 Å². The molecule has 2 aromatic rings. The molecule has 2 aliphatic heterocycles. The fraction of sp³-hybridized carbons (Fsp3) is 0.552. The highest BCUT2D eigenvalue weighted by Gasteiger charge is 2.73. The Morgan fingerprint density at radius 2 is 1.90 bits per heavy atom. The quantitative estimate of drug-likeness (QED) is 0.396. The number of anilines is 1. The molecule has 0 radical (unpaired) electrons. The van der Waals surface area contributed by atoms with E-state index in [2.05, 4.69) is 34.8 Å². The summed E-state index contributed by atoms with van der Waals surface area (Å²) in [5.74, 6) is -2.02. The number of amides is 2. The highest BCUT2D eigenvalue weighted by molar-refractivity contribution is 6.31. The Bertz CT molecular complexity index is 1340. The molecule has 0 unspecified atom stereocenters. The highest BCUT2D eigenvalue weighted by Crippen LogP contribution is 2.64. The van der Waals surface area contributed by atoms with Crippen LogP contribution in [0.2, 0.25) is 10.2 Å². The molecule has 4 aliphatic rings. The second kappa shape index (κ2) is 9.40. The second-order valence-corrected chi connectivity index (χ2v) is 13.3. The average Bonchev–Trinajstić information content (AvgIpc) is 3.32. The van der Waals surface area contributed by atoms with Crippen molar-refractivity contribution in [2.75, 3.05) is 11.9 Å². The van der Waals surface area contributed by atoms with Gasteiger partial charge in [0.15, 0.2) is 11.0 Å². The van der Waals surface area contributed by atoms with Crippen molar-refractivity contribution in [1.82, 2.24) is 15.6 Å². The zero-order valence-electron chi connectivity index (χ0n) is 22.0. The normalized spacial score (nSPS) is 32.1. The maximum absolute atomic E-state index is 15.9. The number of rotatable bonds is 4. The lowest BCUT2D eigenvalue weighted by Gasteiger charge is -2.50. The topological polar surface area (TPSA) is 103 Å². The van der Waals surface area contributed by atoms with Gasteiger partial charge in [-0.15, -0.1) is 0 Å². The summed E-state index contributed by atoms with van der Waals surface area (Å²) in [6.45, 7) is 4.50. The average molecular weight is 576 g/mol. The van der Waals surface area contributed by atoms with Crippen LogP contribution < -0.4 is 16.0 Å². The molecule has 3 heterocycles. The van der Waals surface area contributed by atoms with Crippen LogP contribution in [0.1, 0.15) is 69.4 Å². The third kappa shape index (κ3) is 4.01. The number of halogens is 3. The highest BCUT2D eigenvalue weighted by atomic mass is 35.5. The molecule has 7 nitrogen and oxygen atoms in total. The summed E-state index contributed by atoms with van der Waals surface area (Å²) in [6, 6.07) is 5.85. The molecule has 39 heavy (non-hydrogen) atoms. The summed E-state index contributed by atoms with van der Waals surface area (Å²) in [6.07, 6.45) is 5.71. The number of carbonyl (C=O) groups is 2. The third-order valence-corrected chi connectivity index (χ3v) is 10.3. The zero-order valence-corrected chi connectivity index (χ0v) is 23.5. The van der Waals surface area contributed by atoms with Crippen LogP contribution in [-0.4, -0.2) is 46.1 Å². The fourth-order valence-electron chi connectivity index (χ4n) is 7.62. The minimum atomic E-state index is -1.29. The van der Waals surface area contributed by atoms with E-state index < -0.39 is 28.7 Å². The zero-order chi connectivity index (χ0) is 27.7. The predicted molar refractivity (Wildman–Crippen MR) is 147 cm³/mol. The number of pyridine rings is 1. The molecule has 3 fully saturated rings. The van der Waals surface area contributed by atoms with Crippen molar-refractivity contribution in [3.05, 3.63) is 57.6 Å². The van der Waals surface area contributed by atoms with E-state index in [-0.39, 0.29) is 46.5 Å². The van der Waals surface area contributed by atoms with Gasteiger partial charge in [0.2, 0.25) is 11.8 Å². The Hall–Kier alpha value is -2.26. The van der Waals surface area contributed by atoms with E-state index in [1.54, 1.807) is 12.1 Å². The Morgan fingerprint density at radius 1 is 1.18 bits per heavy atom. The van der Waals surface area contributed by atoms with E-state index in [4.69, 9.17) is 23.2 Å². The van der Waals surface area contributed by atoms with E-state index in [1.165, 1.54) is 12.3 Å². The van der Waals surface area contributed by atoms with Gasteiger partial charge in [0, 0.05) is 41.0 Å². The van der Waals surface area contributed by atoms with E-state index in [1.807, 2.05) is 6.07 Å². The molecule has 2 amide bonds. The molecule has 2 saturated carbocycles. The Kier molecular flexibility index (Phi) is 6.49. The van der Waals surface area contributed by atoms with E-state index in [0.29, 0.717) is 42.0 Å². The van der Waals surface area contributed by atoms with Crippen molar-refractivity contribution in [2.24, 2.45) is 11.3 Å². The molecule has 1 aromatic heterocycles. The van der Waals surface area contributed by atoms with Gasteiger partial charge >= 0.3 is 0 Å². The molecular formula is C29H33Cl2FN4O3. The SMILES string of the molecule is CC1(C)CCC2(CC1)N[C@@H](C(=O)N[C@H]1C[C@H](CO)C1)[C@H](c1ccnc(Cl)c1F)[C@]21C(=O)Nc2cc(Cl)ccc21. The first-order valence-corrected chi connectivity index (χ1v) is 14.4. The van der Waals surface area contributed by atoms with E-state index in [9.17, 15) is 14.7 Å². The fourth-order valence-corrected chi connectivity index (χ4v) is 7.96. The minimum Gasteiger partial charge on any atom is -0.396 e. The number of nitrogens with zero attached hydrogens (tertiary/aromatic N) is 1. The van der Waals surface area contributed by atoms with Crippen molar-refractivity contribution in [2.45, 2.75) is 81.3 Å². The summed E-state index contributed by atoms with van der Waals surface area (Å²) in [7, 11) is 0. The van der Waals surface area contributed by atoms with Crippen molar-refractivity contribution in [1.29, 1.82) is 0 Å². The maximum Gasteiger partial charge on any atom is 0.238 e. The smallest absolute Gasteiger partial charge is 0.238 e. The number of carbonyl (C=O) groups excluding carboxylic acids is 2. The Labute approximate surface area is 237 Å². The lowest BCUT2D eigenvalue weighted by Crippen LogP contribution is -2.61. The monoisotopic (exact) mass is 574 g/mol. The minimum absolute atomic E-state index is 0.0678. The molecule has 4 N–H and O–H groups in total. The number of benzene rings is 1. The lowest BCUT2D eigenvalue weighted by molar-refractivity contribution is -0.125. The largest absolute Gasteiger partial charge is 0.396 e. The van der Waals surface area contributed by atoms with Crippen molar-refractivity contribution >= 4 is 40.7 Å². The molecular weight excluding hydrogens is 542 g/mol. The van der Waals surface area contributed by atoms with Gasteiger partial charge in [-0.05, 0) is 79.2 Å². The van der Waals surface area contributed by atoms with Crippen LogP contribution in [0.25, 0.3) is 0 Å². The van der Waals surface area contributed by atoms with Crippen molar-refractivity contribution < 1.29 is 19.1 Å². The molecule has 0 bridgehead atoms. The van der Waals surface area contributed by atoms with Crippen LogP contribution in [0, 0.1) is 17.2 Å². The van der Waals surface area contributed by atoms with Gasteiger partial charge in [0.25, 0.3) is 0 Å². The summed E-state index contributed by atoms with van der Waals surface area (Å²) in [5.41, 5.74) is -0.559. The Balaban J connectivity index is 1.54. The number of aliphatic hydroxyl groups excluding tert-OH is 1. The van der Waals surface area contributed by atoms with Gasteiger partial charge in [-0.3, -0.25) is 14.9 Å². The van der Waals surface area contributed by atoms with Gasteiger partial charge in [-0.25, -0.2) is 9.37 Å². The van der Waals surface area contributed by atoms with Gasteiger partial charge in [-0.2, -0.15) is 0 Å². The molecule has 6 rings (SSSR count). The van der Waals surface area contributed by atoms with Crippen LogP contribution in [0.3, 0.4) is 0 Å². The number of hydrogen-bond donors (Lipinski definition) is 4. The van der Waals surface area contributed by atoms with Crippen LogP contribution in [0.5, 0.6) is 0 Å². The predicted octanol–water partition coefficient (Wildman–Crippen LogP) is 4.70. The van der Waals surface area contributed by atoms with Gasteiger partial charge in [0.05, 0.1) is 6.04 Å². The molecule has 208 valence electrons. The van der Waals surface area contributed by atoms with Crippen molar-refractivity contribution in [3.8, 4) is 0 Å². The summed E-state index contributed by atoms with van der Waals surface area (Å²) < 4.78 is 15.9. The van der Waals surface area contributed by atoms with Crippen LogP contribution in [0.4, 0.5) is 10.1 Å². The van der Waals surface area contributed by atoms with E-state index >= 15 is 4.39 Å². The molecule has 3 atom stereocenters. The van der Waals surface area contributed by atoms with Crippen molar-refractivity contribution in [3.63, 3.8) is 0 Å². The number of fused-ring (bicyclic) bond motifs is 3. The first kappa shape index (κ1) is 26.9. The Morgan fingerprint density at radius 3 is 2.59 bits per heavy atom. The summed E-state index contributed by atoms with van der Waals surface area (Å²) >= 11 is 12.5. The number of aromatic nitrogens is 1. The van der Waals surface area contributed by atoms with Crippen LogP contribution in [-0.2, 0) is 15.0 Å².